The molecule has 0 spiro atoms. The summed E-state index contributed by atoms with van der Waals surface area (Å²) in [6.45, 7) is 1.89. The Morgan fingerprint density at radius 2 is 1.76 bits per heavy atom. The number of benzene rings is 1. The Kier molecular flexibility index (Phi) is 13.0. The van der Waals surface area contributed by atoms with Gasteiger partial charge in [0.05, 0.1) is 26.4 Å². The molecule has 18 nitrogen and oxygen atoms in total. The number of carbonyl (C=O) groups is 3. The molecule has 0 saturated carbocycles. The summed E-state index contributed by atoms with van der Waals surface area (Å²) in [4.78, 5) is 58.5. The number of nitrogens with one attached hydrogen (secondary N) is 2. The standard InChI is InChI=1S/C26H35N6O12P/c1-16(33)41-14-20(44-17(2)34)15-43-45(37,39-4)42-10-9-28-24(35)19-7-5-18(6-8-19)13-32-23-21(29-26(32)36)22(27)30-25(31-23)40-12-11-38-3/h5-8,20H,9-15H2,1-4H3,(H,28,35)(H,29,36)(H2,27,30,31)/t20-,45?/m1/s1. The molecule has 3 rings (SSSR count). The van der Waals surface area contributed by atoms with Crippen molar-refractivity contribution in [3.63, 3.8) is 0 Å². The number of nitrogens with zero attached hydrogens (tertiary/aromatic N) is 3. The van der Waals surface area contributed by atoms with Crippen molar-refractivity contribution in [1.29, 1.82) is 0 Å². The summed E-state index contributed by atoms with van der Waals surface area (Å²) in [7, 11) is -1.47. The zero-order valence-electron chi connectivity index (χ0n) is 25.1. The molecule has 19 heteroatoms. The van der Waals surface area contributed by atoms with Gasteiger partial charge in [0.1, 0.15) is 18.7 Å². The highest BCUT2D eigenvalue weighted by Gasteiger charge is 2.28. The van der Waals surface area contributed by atoms with Crippen LogP contribution < -0.4 is 21.5 Å². The summed E-state index contributed by atoms with van der Waals surface area (Å²) in [6, 6.07) is 6.46. The zero-order chi connectivity index (χ0) is 33.0. The fraction of sp³-hybridized carbons (Fsp3) is 0.462. The first-order chi connectivity index (χ1) is 21.4. The molecule has 0 saturated heterocycles. The average molecular weight is 655 g/mol. The monoisotopic (exact) mass is 654 g/mol. The van der Waals surface area contributed by atoms with Gasteiger partial charge < -0.3 is 35.0 Å². The Balaban J connectivity index is 1.54. The topological polar surface area (TPSA) is 235 Å². The third-order valence-electron chi connectivity index (χ3n) is 5.79. The number of H-pyrrole nitrogens is 1. The summed E-state index contributed by atoms with van der Waals surface area (Å²) >= 11 is 0. The lowest BCUT2D eigenvalue weighted by molar-refractivity contribution is -0.158. The third-order valence-corrected chi connectivity index (χ3v) is 7.20. The van der Waals surface area contributed by atoms with Crippen LogP contribution in [0.5, 0.6) is 6.01 Å². The summed E-state index contributed by atoms with van der Waals surface area (Å²) in [5.41, 5.74) is 7.05. The molecule has 2 heterocycles. The van der Waals surface area contributed by atoms with Crippen molar-refractivity contribution in [2.45, 2.75) is 26.5 Å². The number of anilines is 1. The van der Waals surface area contributed by atoms with Crippen LogP contribution in [0, 0.1) is 0 Å². The van der Waals surface area contributed by atoms with Gasteiger partial charge in [0, 0.05) is 40.2 Å². The first-order valence-electron chi connectivity index (χ1n) is 13.4. The molecule has 4 N–H and O–H groups in total. The smallest absolute Gasteiger partial charge is 0.462 e. The van der Waals surface area contributed by atoms with Gasteiger partial charge in [-0.05, 0) is 17.7 Å². The molecule has 0 aliphatic rings. The van der Waals surface area contributed by atoms with Gasteiger partial charge >= 0.3 is 31.5 Å². The van der Waals surface area contributed by atoms with E-state index in [1.54, 1.807) is 24.3 Å². The maximum absolute atomic E-state index is 12.7. The van der Waals surface area contributed by atoms with E-state index in [4.69, 9.17) is 38.3 Å². The van der Waals surface area contributed by atoms with Gasteiger partial charge in [0.15, 0.2) is 17.6 Å². The number of phosphoric ester groups is 1. The summed E-state index contributed by atoms with van der Waals surface area (Å²) in [5, 5.41) is 2.61. The number of nitrogens with two attached hydrogens (primary N) is 1. The van der Waals surface area contributed by atoms with E-state index < -0.39 is 44.1 Å². The van der Waals surface area contributed by atoms with Crippen LogP contribution in [0.1, 0.15) is 29.8 Å². The lowest BCUT2D eigenvalue weighted by atomic mass is 10.1. The minimum atomic E-state index is -4.09. The number of imidazole rings is 1. The van der Waals surface area contributed by atoms with E-state index in [0.29, 0.717) is 17.7 Å². The molecule has 0 radical (unpaired) electrons. The number of amides is 1. The fourth-order valence-corrected chi connectivity index (χ4v) is 4.65. The lowest BCUT2D eigenvalue weighted by Crippen LogP contribution is -2.29. The second kappa shape index (κ2) is 16.6. The fourth-order valence-electron chi connectivity index (χ4n) is 3.70. The lowest BCUT2D eigenvalue weighted by Gasteiger charge is -2.20. The van der Waals surface area contributed by atoms with E-state index in [2.05, 4.69) is 20.3 Å². The minimum absolute atomic E-state index is 0.000303. The van der Waals surface area contributed by atoms with E-state index in [1.807, 2.05) is 0 Å². The zero-order valence-corrected chi connectivity index (χ0v) is 26.0. The van der Waals surface area contributed by atoms with Crippen LogP contribution >= 0.6 is 7.82 Å². The number of esters is 2. The quantitative estimate of drug-likeness (QED) is 0.0977. The molecule has 1 unspecified atom stereocenters. The van der Waals surface area contributed by atoms with Crippen molar-refractivity contribution in [2.75, 3.05) is 59.5 Å². The number of carbonyl (C=O) groups excluding carboxylic acids is 3. The maximum Gasteiger partial charge on any atom is 0.474 e. The van der Waals surface area contributed by atoms with E-state index in [9.17, 15) is 23.7 Å². The van der Waals surface area contributed by atoms with Crippen molar-refractivity contribution >= 4 is 42.7 Å². The highest BCUT2D eigenvalue weighted by Crippen LogP contribution is 2.48. The van der Waals surface area contributed by atoms with Crippen molar-refractivity contribution in [3.05, 3.63) is 45.9 Å². The number of nitrogen functional groups attached to an aromatic ring is 1. The van der Waals surface area contributed by atoms with Crippen molar-refractivity contribution in [2.24, 2.45) is 0 Å². The van der Waals surface area contributed by atoms with Gasteiger partial charge in [-0.1, -0.05) is 12.1 Å². The highest BCUT2D eigenvalue weighted by molar-refractivity contribution is 7.48. The SMILES string of the molecule is COCCOc1nc(N)c2[nH]c(=O)n(Cc3ccc(C(=O)NCCOP(=O)(OC)OC[C@@H](COC(C)=O)OC(C)=O)cc3)c2n1. The second-order valence-electron chi connectivity index (χ2n) is 9.19. The molecule has 0 bridgehead atoms. The van der Waals surface area contributed by atoms with Gasteiger partial charge in [-0.2, -0.15) is 9.97 Å². The summed E-state index contributed by atoms with van der Waals surface area (Å²) < 4.78 is 49.4. The largest absolute Gasteiger partial charge is 0.474 e. The Labute approximate surface area is 257 Å². The molecule has 3 aromatic rings. The number of aromatic nitrogens is 4. The molecule has 2 aromatic heterocycles. The van der Waals surface area contributed by atoms with Crippen LogP contribution in [0.3, 0.4) is 0 Å². The molecule has 0 aliphatic carbocycles. The normalized spacial score (nSPS) is 13.2. The van der Waals surface area contributed by atoms with E-state index in [-0.39, 0.29) is 55.9 Å². The number of aromatic amines is 1. The molecule has 0 aliphatic heterocycles. The maximum atomic E-state index is 12.7. The Bertz CT molecular complexity index is 1570. The Morgan fingerprint density at radius 1 is 1.02 bits per heavy atom. The molecule has 0 fully saturated rings. The van der Waals surface area contributed by atoms with Crippen LogP contribution in [-0.4, -0.2) is 97.3 Å². The minimum Gasteiger partial charge on any atom is -0.462 e. The van der Waals surface area contributed by atoms with E-state index in [1.165, 1.54) is 18.6 Å². The van der Waals surface area contributed by atoms with Crippen molar-refractivity contribution in [1.82, 2.24) is 24.8 Å². The molecular formula is C26H35N6O12P. The number of hydrogen-bond donors (Lipinski definition) is 3. The number of phosphoric acid groups is 1. The molecule has 1 amide bonds. The number of fused-ring (bicyclic) bond motifs is 1. The first-order valence-corrected chi connectivity index (χ1v) is 14.9. The predicted octanol–water partition coefficient (Wildman–Crippen LogP) is 0.788. The van der Waals surface area contributed by atoms with Gasteiger partial charge in [0.25, 0.3) is 5.91 Å². The van der Waals surface area contributed by atoms with Gasteiger partial charge in [-0.3, -0.25) is 32.5 Å². The molecular weight excluding hydrogens is 619 g/mol. The number of methoxy groups -OCH3 is 1. The van der Waals surface area contributed by atoms with Crippen LogP contribution in [-0.2, 0) is 48.5 Å². The Morgan fingerprint density at radius 3 is 2.40 bits per heavy atom. The second-order valence-corrected chi connectivity index (χ2v) is 11.0. The van der Waals surface area contributed by atoms with E-state index >= 15 is 0 Å². The summed E-state index contributed by atoms with van der Waals surface area (Å²) in [6.07, 6.45) is -1.04. The van der Waals surface area contributed by atoms with Crippen LogP contribution in [0.4, 0.5) is 5.82 Å². The number of rotatable bonds is 18. The number of hydrogen-bond acceptors (Lipinski definition) is 15. The van der Waals surface area contributed by atoms with Crippen LogP contribution in [0.2, 0.25) is 0 Å². The van der Waals surface area contributed by atoms with Gasteiger partial charge in [0.2, 0.25) is 0 Å². The molecule has 2 atom stereocenters. The Hall–Kier alpha value is -4.35. The van der Waals surface area contributed by atoms with Gasteiger partial charge in [-0.15, -0.1) is 0 Å². The van der Waals surface area contributed by atoms with Crippen LogP contribution in [0.15, 0.2) is 29.1 Å². The highest BCUT2D eigenvalue weighted by atomic mass is 31.2. The van der Waals surface area contributed by atoms with E-state index in [0.717, 1.165) is 14.0 Å². The number of ether oxygens (including phenoxy) is 4. The van der Waals surface area contributed by atoms with Crippen LogP contribution in [0.25, 0.3) is 11.2 Å². The molecule has 246 valence electrons. The third kappa shape index (κ3) is 10.6. The average Bonchev–Trinajstić information content (AvgIpc) is 3.32. The van der Waals surface area contributed by atoms with Crippen molar-refractivity contribution < 1.29 is 51.5 Å². The predicted molar refractivity (Wildman–Crippen MR) is 157 cm³/mol. The summed E-state index contributed by atoms with van der Waals surface area (Å²) in [5.74, 6) is -1.66. The molecule has 1 aromatic carbocycles. The first kappa shape index (κ1) is 35.1. The molecule has 45 heavy (non-hydrogen) atoms. The van der Waals surface area contributed by atoms with Gasteiger partial charge in [-0.25, -0.2) is 9.36 Å². The van der Waals surface area contributed by atoms with Crippen molar-refractivity contribution in [3.8, 4) is 6.01 Å².